The molecule has 60 valence electrons. The molecular formula is C4H6Cl4GeO. The van der Waals surface area contributed by atoms with Gasteiger partial charge < -0.3 is 0 Å². The quantitative estimate of drug-likeness (QED) is 0.571. The maximum atomic E-state index is 5.54. The molecule has 0 rings (SSSR count). The van der Waals surface area contributed by atoms with Crippen LogP contribution in [0.3, 0.4) is 0 Å². The van der Waals surface area contributed by atoms with Crippen molar-refractivity contribution in [3.8, 4) is 0 Å². The molecule has 0 aliphatic rings. The predicted molar refractivity (Wildman–Crippen MR) is 48.9 cm³/mol. The molecule has 0 aliphatic carbocycles. The molecule has 0 saturated carbocycles. The van der Waals surface area contributed by atoms with Crippen LogP contribution in [-0.2, 0) is 4.74 Å². The van der Waals surface area contributed by atoms with Crippen molar-refractivity contribution in [1.82, 2.24) is 0 Å². The Kier molecular flexibility index (Phi) is 5.61. The van der Waals surface area contributed by atoms with Gasteiger partial charge in [-0.25, -0.2) is 0 Å². The second-order valence-electron chi connectivity index (χ2n) is 1.42. The monoisotopic (exact) mass is 284 g/mol. The van der Waals surface area contributed by atoms with Crippen LogP contribution in [0.25, 0.3) is 0 Å². The zero-order valence-electron chi connectivity index (χ0n) is 5.20. The third-order valence-electron chi connectivity index (χ3n) is 0.559. The zero-order valence-corrected chi connectivity index (χ0v) is 10.3. The molecule has 0 heterocycles. The van der Waals surface area contributed by atoms with Crippen molar-refractivity contribution in [3.63, 3.8) is 0 Å². The molecule has 0 N–H and O–H groups in total. The molecule has 0 amide bonds. The van der Waals surface area contributed by atoms with Gasteiger partial charge in [0.05, 0.1) is 0 Å². The molecule has 0 aliphatic heterocycles. The third-order valence-corrected chi connectivity index (χ3v) is 4.10. The van der Waals surface area contributed by atoms with E-state index >= 15 is 0 Å². The Morgan fingerprint density at radius 2 is 2.00 bits per heavy atom. The fourth-order valence-corrected chi connectivity index (χ4v) is 4.40. The fraction of sp³-hybridized carbons (Fsp3) is 0.500. The summed E-state index contributed by atoms with van der Waals surface area (Å²) in [5.41, 5.74) is 0. The Bertz CT molecular complexity index is 130. The van der Waals surface area contributed by atoms with Crippen molar-refractivity contribution in [2.45, 2.75) is 6.92 Å². The zero-order chi connectivity index (χ0) is 8.20. The first-order chi connectivity index (χ1) is 4.45. The van der Waals surface area contributed by atoms with E-state index in [-0.39, 0.29) is 5.22 Å². The molecule has 0 radical (unpaired) electrons. The van der Waals surface area contributed by atoms with Gasteiger partial charge >= 0.3 is 80.5 Å². The van der Waals surface area contributed by atoms with Crippen LogP contribution in [0.5, 0.6) is 0 Å². The summed E-state index contributed by atoms with van der Waals surface area (Å²) in [6, 6.07) is 0. The molecule has 0 spiro atoms. The van der Waals surface area contributed by atoms with Crippen molar-refractivity contribution in [1.29, 1.82) is 0 Å². The van der Waals surface area contributed by atoms with Gasteiger partial charge in [-0.2, -0.15) is 0 Å². The minimum absolute atomic E-state index is 0.183. The second-order valence-corrected chi connectivity index (χ2v) is 17.0. The first-order valence-electron chi connectivity index (χ1n) is 2.53. The second kappa shape index (κ2) is 4.99. The summed E-state index contributed by atoms with van der Waals surface area (Å²) in [6.45, 7) is 2.29. The first-order valence-corrected chi connectivity index (χ1v) is 12.4. The Hall–Kier alpha value is 1.24. The Morgan fingerprint density at radius 3 is 2.30 bits per heavy atom. The first kappa shape index (κ1) is 11.2. The number of hydrogen-bond acceptors (Lipinski definition) is 1. The van der Waals surface area contributed by atoms with Gasteiger partial charge in [-0.15, -0.1) is 0 Å². The van der Waals surface area contributed by atoms with Crippen LogP contribution in [0.15, 0.2) is 10.1 Å². The average Bonchev–Trinajstić information content (AvgIpc) is 1.59. The summed E-state index contributed by atoms with van der Waals surface area (Å²) in [7, 11) is 13.4. The van der Waals surface area contributed by atoms with Gasteiger partial charge in [0.25, 0.3) is 0 Å². The van der Waals surface area contributed by atoms with Gasteiger partial charge in [0.2, 0.25) is 0 Å². The predicted octanol–water partition coefficient (Wildman–Crippen LogP) is 3.30. The molecule has 0 aromatic rings. The molecule has 6 heteroatoms. The van der Waals surface area contributed by atoms with E-state index in [9.17, 15) is 0 Å². The normalized spacial score (nSPS) is 13.5. The van der Waals surface area contributed by atoms with Crippen LogP contribution in [0.4, 0.5) is 0 Å². The molecule has 1 nitrogen and oxygen atoms in total. The van der Waals surface area contributed by atoms with E-state index in [2.05, 4.69) is 0 Å². The van der Waals surface area contributed by atoms with Crippen molar-refractivity contribution < 1.29 is 4.74 Å². The van der Waals surface area contributed by atoms with E-state index in [1.807, 2.05) is 6.92 Å². The van der Waals surface area contributed by atoms with Gasteiger partial charge in [-0.1, -0.05) is 0 Å². The van der Waals surface area contributed by atoms with Crippen molar-refractivity contribution in [2.75, 3.05) is 6.61 Å². The summed E-state index contributed by atoms with van der Waals surface area (Å²) in [5.74, 6) is 0. The molecule has 0 bridgehead atoms. The van der Waals surface area contributed by atoms with Crippen molar-refractivity contribution in [2.24, 2.45) is 0 Å². The molecule has 0 saturated heterocycles. The summed E-state index contributed by atoms with van der Waals surface area (Å²) in [6.07, 6.45) is 0. The molecule has 0 unspecified atom stereocenters. The number of ether oxygens (including phenoxy) is 1. The number of hydrogen-bond donors (Lipinski definition) is 0. The Balaban J connectivity index is 3.90. The molecule has 10 heavy (non-hydrogen) atoms. The standard InChI is InChI=1S/C4H6Cl4GeO/c1-2-10-4(5)3-9(6,7)8/h3H,2H2,1H3/b4-3-. The van der Waals surface area contributed by atoms with E-state index in [4.69, 9.17) is 46.4 Å². The van der Waals surface area contributed by atoms with Crippen LogP contribution >= 0.6 is 41.6 Å². The minimum atomic E-state index is -3.21. The Morgan fingerprint density at radius 1 is 1.50 bits per heavy atom. The summed E-state index contributed by atoms with van der Waals surface area (Å²) >= 11 is 5.50. The number of halogens is 4. The third kappa shape index (κ3) is 7.35. The van der Waals surface area contributed by atoms with Crippen LogP contribution in [0, 0.1) is 0 Å². The average molecular weight is 285 g/mol. The maximum absolute atomic E-state index is 5.54. The van der Waals surface area contributed by atoms with Crippen molar-refractivity contribution in [3.05, 3.63) is 10.1 Å². The molecule has 0 aromatic heterocycles. The number of rotatable bonds is 3. The molecule has 0 fully saturated rings. The van der Waals surface area contributed by atoms with E-state index in [0.717, 1.165) is 0 Å². The summed E-state index contributed by atoms with van der Waals surface area (Å²) in [4.78, 5) is 1.38. The Labute approximate surface area is 80.1 Å². The summed E-state index contributed by atoms with van der Waals surface area (Å²) < 4.78 is 4.84. The molecular weight excluding hydrogens is 278 g/mol. The van der Waals surface area contributed by atoms with Gasteiger partial charge in [-0.05, 0) is 0 Å². The van der Waals surface area contributed by atoms with E-state index in [0.29, 0.717) is 6.61 Å². The van der Waals surface area contributed by atoms with E-state index in [1.165, 1.54) is 4.91 Å². The van der Waals surface area contributed by atoms with Crippen molar-refractivity contribution >= 4 is 52.1 Å². The topological polar surface area (TPSA) is 9.23 Å². The van der Waals surface area contributed by atoms with Crippen LogP contribution in [-0.4, -0.2) is 17.1 Å². The van der Waals surface area contributed by atoms with E-state index < -0.39 is 10.5 Å². The van der Waals surface area contributed by atoms with Crippen LogP contribution in [0.2, 0.25) is 0 Å². The van der Waals surface area contributed by atoms with Crippen LogP contribution in [0.1, 0.15) is 6.92 Å². The van der Waals surface area contributed by atoms with Crippen LogP contribution < -0.4 is 0 Å². The SMILES string of the molecule is CCO/C(Cl)=[CH]\[Ge]([Cl])([Cl])[Cl]. The van der Waals surface area contributed by atoms with Gasteiger partial charge in [0.15, 0.2) is 0 Å². The van der Waals surface area contributed by atoms with Gasteiger partial charge in [-0.3, -0.25) is 0 Å². The molecule has 0 atom stereocenters. The van der Waals surface area contributed by atoms with E-state index in [1.54, 1.807) is 0 Å². The van der Waals surface area contributed by atoms with Gasteiger partial charge in [0.1, 0.15) is 0 Å². The fourth-order valence-electron chi connectivity index (χ4n) is 0.308. The summed E-state index contributed by atoms with van der Waals surface area (Å²) in [5, 5.41) is 0.183. The van der Waals surface area contributed by atoms with Gasteiger partial charge in [0, 0.05) is 0 Å². The molecule has 0 aromatic carbocycles.